The molecule has 1 rings (SSSR count). The highest BCUT2D eigenvalue weighted by molar-refractivity contribution is 5.51. The molecule has 12 heavy (non-hydrogen) atoms. The zero-order valence-electron chi connectivity index (χ0n) is 7.07. The van der Waals surface area contributed by atoms with E-state index in [0.717, 1.165) is 5.69 Å². The Kier molecular flexibility index (Phi) is 2.74. The lowest BCUT2D eigenvalue weighted by Crippen LogP contribution is -2.02. The second-order valence-electron chi connectivity index (χ2n) is 2.34. The monoisotopic (exact) mass is 166 g/mol. The predicted molar refractivity (Wildman–Crippen MR) is 43.1 cm³/mol. The molecule has 0 atom stereocenters. The van der Waals surface area contributed by atoms with Crippen LogP contribution >= 0.6 is 0 Å². The Morgan fingerprint density at radius 3 is 2.92 bits per heavy atom. The summed E-state index contributed by atoms with van der Waals surface area (Å²) < 4.78 is 5.05. The summed E-state index contributed by atoms with van der Waals surface area (Å²) in [4.78, 5) is 18.0. The van der Waals surface area contributed by atoms with Crippen molar-refractivity contribution in [3.05, 3.63) is 17.7 Å². The molecule has 0 aliphatic rings. The van der Waals surface area contributed by atoms with Crippen LogP contribution in [-0.2, 0) is 4.79 Å². The Bertz CT molecular complexity index is 286. The van der Waals surface area contributed by atoms with Gasteiger partial charge in [0.05, 0.1) is 11.9 Å². The second kappa shape index (κ2) is 3.80. The molecular weight excluding hydrogens is 156 g/mol. The van der Waals surface area contributed by atoms with Gasteiger partial charge in [0, 0.05) is 0 Å². The molecule has 1 aromatic rings. The van der Waals surface area contributed by atoms with E-state index in [1.54, 1.807) is 13.1 Å². The first-order chi connectivity index (χ1) is 5.74. The zero-order valence-corrected chi connectivity index (χ0v) is 7.07. The first-order valence-electron chi connectivity index (χ1n) is 3.60. The minimum Gasteiger partial charge on any atom is -0.483 e. The van der Waals surface area contributed by atoms with Crippen LogP contribution in [-0.4, -0.2) is 22.9 Å². The Morgan fingerprint density at radius 1 is 1.58 bits per heavy atom. The molecule has 4 nitrogen and oxygen atoms in total. The van der Waals surface area contributed by atoms with Crippen LogP contribution in [0.15, 0.2) is 6.20 Å². The fourth-order valence-electron chi connectivity index (χ4n) is 0.838. The van der Waals surface area contributed by atoms with Gasteiger partial charge in [0.1, 0.15) is 12.4 Å². The summed E-state index contributed by atoms with van der Waals surface area (Å²) in [6.45, 7) is 3.67. The summed E-state index contributed by atoms with van der Waals surface area (Å²) >= 11 is 0. The number of nitrogens with zero attached hydrogens (tertiary/aromatic N) is 2. The van der Waals surface area contributed by atoms with Crippen molar-refractivity contribution >= 4 is 6.29 Å². The quantitative estimate of drug-likeness (QED) is 0.619. The average Bonchev–Trinajstić information content (AvgIpc) is 2.03. The number of aromatic nitrogens is 2. The fourth-order valence-corrected chi connectivity index (χ4v) is 0.838. The lowest BCUT2D eigenvalue weighted by atomic mass is 10.4. The van der Waals surface area contributed by atoms with Gasteiger partial charge in [0.15, 0.2) is 12.0 Å². The molecule has 0 aliphatic carbocycles. The van der Waals surface area contributed by atoms with Crippen molar-refractivity contribution in [1.82, 2.24) is 9.97 Å². The minimum absolute atomic E-state index is 0.0489. The Morgan fingerprint density at radius 2 is 2.33 bits per heavy atom. The molecule has 0 bridgehead atoms. The van der Waals surface area contributed by atoms with Crippen LogP contribution in [0.1, 0.15) is 11.5 Å². The maximum atomic E-state index is 9.99. The van der Waals surface area contributed by atoms with Gasteiger partial charge in [-0.1, -0.05) is 0 Å². The van der Waals surface area contributed by atoms with Gasteiger partial charge in [0.25, 0.3) is 0 Å². The lowest BCUT2D eigenvalue weighted by molar-refractivity contribution is -0.109. The molecule has 0 amide bonds. The topological polar surface area (TPSA) is 52.1 Å². The van der Waals surface area contributed by atoms with Gasteiger partial charge >= 0.3 is 0 Å². The maximum Gasteiger partial charge on any atom is 0.159 e. The molecule has 0 unspecified atom stereocenters. The van der Waals surface area contributed by atoms with Crippen molar-refractivity contribution in [3.63, 3.8) is 0 Å². The third-order valence-electron chi connectivity index (χ3n) is 1.36. The fraction of sp³-hybridized carbons (Fsp3) is 0.375. The summed E-state index contributed by atoms with van der Waals surface area (Å²) in [5, 5.41) is 0. The van der Waals surface area contributed by atoms with Crippen molar-refractivity contribution in [2.75, 3.05) is 6.61 Å². The number of hydrogen-bond acceptors (Lipinski definition) is 4. The molecule has 64 valence electrons. The van der Waals surface area contributed by atoms with Crippen LogP contribution in [0, 0.1) is 13.8 Å². The van der Waals surface area contributed by atoms with Crippen LogP contribution in [0.4, 0.5) is 0 Å². The molecule has 1 heterocycles. The Balaban J connectivity index is 2.78. The summed E-state index contributed by atoms with van der Waals surface area (Å²) in [7, 11) is 0. The van der Waals surface area contributed by atoms with Crippen molar-refractivity contribution in [2.45, 2.75) is 13.8 Å². The van der Waals surface area contributed by atoms with Gasteiger partial charge in [-0.25, -0.2) is 9.97 Å². The highest BCUT2D eigenvalue weighted by Gasteiger charge is 2.00. The van der Waals surface area contributed by atoms with Gasteiger partial charge in [-0.15, -0.1) is 0 Å². The van der Waals surface area contributed by atoms with E-state index in [1.165, 1.54) is 0 Å². The van der Waals surface area contributed by atoms with Gasteiger partial charge in [-0.2, -0.15) is 0 Å². The summed E-state index contributed by atoms with van der Waals surface area (Å²) in [5.41, 5.74) is 0.754. The highest BCUT2D eigenvalue weighted by Crippen LogP contribution is 2.12. The molecule has 0 saturated carbocycles. The highest BCUT2D eigenvalue weighted by atomic mass is 16.5. The molecule has 0 fully saturated rings. The van der Waals surface area contributed by atoms with Crippen molar-refractivity contribution in [2.24, 2.45) is 0 Å². The number of hydrogen-bond donors (Lipinski definition) is 0. The smallest absolute Gasteiger partial charge is 0.159 e. The van der Waals surface area contributed by atoms with E-state index < -0.39 is 0 Å². The average molecular weight is 166 g/mol. The standard InChI is InChI=1S/C8H10N2O2/c1-6-8(12-4-3-11)5-9-7(2)10-6/h3,5H,4H2,1-2H3. The minimum atomic E-state index is 0.0489. The molecule has 0 saturated heterocycles. The maximum absolute atomic E-state index is 9.99. The van der Waals surface area contributed by atoms with E-state index in [2.05, 4.69) is 9.97 Å². The molecule has 0 radical (unpaired) electrons. The number of carbonyl (C=O) groups excluding carboxylic acids is 1. The van der Waals surface area contributed by atoms with Crippen molar-refractivity contribution in [1.29, 1.82) is 0 Å². The summed E-state index contributed by atoms with van der Waals surface area (Å²) in [6.07, 6.45) is 2.26. The van der Waals surface area contributed by atoms with E-state index in [4.69, 9.17) is 4.74 Å². The van der Waals surface area contributed by atoms with Crippen LogP contribution in [0.25, 0.3) is 0 Å². The van der Waals surface area contributed by atoms with Crippen LogP contribution in [0.5, 0.6) is 5.75 Å². The largest absolute Gasteiger partial charge is 0.483 e. The molecule has 0 aromatic carbocycles. The van der Waals surface area contributed by atoms with Gasteiger partial charge in [-0.3, -0.25) is 4.79 Å². The SMILES string of the molecule is Cc1ncc(OCC=O)c(C)n1. The van der Waals surface area contributed by atoms with Crippen LogP contribution in [0.3, 0.4) is 0 Å². The third-order valence-corrected chi connectivity index (χ3v) is 1.36. The van der Waals surface area contributed by atoms with E-state index in [9.17, 15) is 4.79 Å². The first kappa shape index (κ1) is 8.64. The van der Waals surface area contributed by atoms with E-state index in [-0.39, 0.29) is 6.61 Å². The summed E-state index contributed by atoms with van der Waals surface area (Å²) in [5.74, 6) is 1.26. The summed E-state index contributed by atoms with van der Waals surface area (Å²) in [6, 6.07) is 0. The molecule has 1 aromatic heterocycles. The molecule has 0 aliphatic heterocycles. The molecular formula is C8H10N2O2. The number of aldehydes is 1. The van der Waals surface area contributed by atoms with Gasteiger partial charge < -0.3 is 4.74 Å². The molecule has 0 N–H and O–H groups in total. The third kappa shape index (κ3) is 2.02. The van der Waals surface area contributed by atoms with Crippen molar-refractivity contribution in [3.8, 4) is 5.75 Å². The number of rotatable bonds is 3. The van der Waals surface area contributed by atoms with Gasteiger partial charge in [-0.05, 0) is 13.8 Å². The molecule has 0 spiro atoms. The van der Waals surface area contributed by atoms with Gasteiger partial charge in [0.2, 0.25) is 0 Å². The predicted octanol–water partition coefficient (Wildman–Crippen LogP) is 0.671. The Hall–Kier alpha value is -1.45. The van der Waals surface area contributed by atoms with E-state index >= 15 is 0 Å². The number of carbonyl (C=O) groups is 1. The Labute approximate surface area is 70.6 Å². The van der Waals surface area contributed by atoms with Crippen LogP contribution in [0.2, 0.25) is 0 Å². The number of ether oxygens (including phenoxy) is 1. The zero-order chi connectivity index (χ0) is 8.97. The number of aryl methyl sites for hydroxylation is 2. The van der Waals surface area contributed by atoms with Crippen molar-refractivity contribution < 1.29 is 9.53 Å². The van der Waals surface area contributed by atoms with E-state index in [1.807, 2.05) is 6.92 Å². The van der Waals surface area contributed by atoms with Crippen LogP contribution < -0.4 is 4.74 Å². The second-order valence-corrected chi connectivity index (χ2v) is 2.34. The first-order valence-corrected chi connectivity index (χ1v) is 3.60. The molecule has 4 heteroatoms. The lowest BCUT2D eigenvalue weighted by Gasteiger charge is -2.04. The normalized spacial score (nSPS) is 9.50. The van der Waals surface area contributed by atoms with E-state index in [0.29, 0.717) is 17.9 Å².